The van der Waals surface area contributed by atoms with Gasteiger partial charge < -0.3 is 10.4 Å². The molecule has 0 aliphatic rings. The van der Waals surface area contributed by atoms with Crippen LogP contribution in [0.4, 0.5) is 5.95 Å². The van der Waals surface area contributed by atoms with E-state index in [2.05, 4.69) is 15.3 Å². The molecular formula is C9H12N4O. The number of nitrogens with one attached hydrogen (secondary N) is 1. The number of rotatable bonds is 3. The van der Waals surface area contributed by atoms with Crippen molar-refractivity contribution in [3.05, 3.63) is 17.5 Å². The lowest BCUT2D eigenvalue weighted by molar-refractivity contribution is 0.281. The lowest BCUT2D eigenvalue weighted by Crippen LogP contribution is -2.21. The van der Waals surface area contributed by atoms with Crippen molar-refractivity contribution in [3.63, 3.8) is 0 Å². The Morgan fingerprint density at radius 2 is 2.36 bits per heavy atom. The molecule has 0 aliphatic heterocycles. The van der Waals surface area contributed by atoms with Gasteiger partial charge in [-0.3, -0.25) is 0 Å². The molecule has 1 atom stereocenters. The third-order valence-corrected chi connectivity index (χ3v) is 1.62. The van der Waals surface area contributed by atoms with Crippen molar-refractivity contribution in [2.75, 3.05) is 11.9 Å². The third kappa shape index (κ3) is 2.68. The van der Waals surface area contributed by atoms with Gasteiger partial charge in [0.1, 0.15) is 11.8 Å². The van der Waals surface area contributed by atoms with E-state index in [0.717, 1.165) is 5.69 Å². The molecule has 1 heterocycles. The summed E-state index contributed by atoms with van der Waals surface area (Å²) in [7, 11) is 0. The maximum absolute atomic E-state index is 8.81. The summed E-state index contributed by atoms with van der Waals surface area (Å²) in [4.78, 5) is 8.03. The fraction of sp³-hybridized carbons (Fsp3) is 0.444. The Kier molecular flexibility index (Phi) is 3.37. The van der Waals surface area contributed by atoms with Crippen molar-refractivity contribution in [2.24, 2.45) is 0 Å². The Hall–Kier alpha value is -1.67. The summed E-state index contributed by atoms with van der Waals surface area (Å²) in [5.41, 5.74) is 1.05. The molecule has 2 N–H and O–H groups in total. The highest BCUT2D eigenvalue weighted by Crippen LogP contribution is 2.04. The highest BCUT2D eigenvalue weighted by molar-refractivity contribution is 5.33. The number of aryl methyl sites for hydroxylation is 1. The summed E-state index contributed by atoms with van der Waals surface area (Å²) in [6, 6.07) is 3.43. The summed E-state index contributed by atoms with van der Waals surface area (Å²) in [6.45, 7) is 3.59. The van der Waals surface area contributed by atoms with E-state index in [0.29, 0.717) is 11.6 Å². The molecule has 0 saturated heterocycles. The minimum absolute atomic E-state index is 0.000805. The molecule has 0 radical (unpaired) electrons. The fourth-order valence-electron chi connectivity index (χ4n) is 0.956. The second kappa shape index (κ2) is 4.53. The van der Waals surface area contributed by atoms with Gasteiger partial charge in [0.15, 0.2) is 0 Å². The molecule has 1 aromatic rings. The lowest BCUT2D eigenvalue weighted by atomic mass is 10.3. The smallest absolute Gasteiger partial charge is 0.224 e. The van der Waals surface area contributed by atoms with Crippen LogP contribution in [-0.2, 0) is 0 Å². The van der Waals surface area contributed by atoms with Crippen LogP contribution in [0, 0.1) is 18.3 Å². The van der Waals surface area contributed by atoms with Crippen molar-refractivity contribution in [1.82, 2.24) is 9.97 Å². The Balaban J connectivity index is 2.88. The number of aliphatic hydroxyl groups excluding tert-OH is 1. The van der Waals surface area contributed by atoms with Crippen molar-refractivity contribution < 1.29 is 5.11 Å². The predicted octanol–water partition coefficient (Wildman–Crippen LogP) is 0.449. The maximum atomic E-state index is 8.81. The molecule has 0 saturated carbocycles. The van der Waals surface area contributed by atoms with Gasteiger partial charge in [0.05, 0.1) is 6.61 Å². The minimum Gasteiger partial charge on any atom is -0.394 e. The van der Waals surface area contributed by atoms with Crippen LogP contribution in [0.1, 0.15) is 18.3 Å². The molecule has 0 fully saturated rings. The van der Waals surface area contributed by atoms with E-state index in [1.807, 2.05) is 6.07 Å². The van der Waals surface area contributed by atoms with E-state index < -0.39 is 0 Å². The van der Waals surface area contributed by atoms with Gasteiger partial charge in [-0.15, -0.1) is 0 Å². The van der Waals surface area contributed by atoms with Gasteiger partial charge in [-0.05, 0) is 19.9 Å². The first-order valence-corrected chi connectivity index (χ1v) is 4.29. The van der Waals surface area contributed by atoms with Crippen LogP contribution >= 0.6 is 0 Å². The molecule has 14 heavy (non-hydrogen) atoms. The molecule has 5 nitrogen and oxygen atoms in total. The van der Waals surface area contributed by atoms with E-state index in [1.54, 1.807) is 19.9 Å². The van der Waals surface area contributed by atoms with E-state index >= 15 is 0 Å². The van der Waals surface area contributed by atoms with Crippen LogP contribution in [-0.4, -0.2) is 27.7 Å². The number of nitrogens with zero attached hydrogens (tertiary/aromatic N) is 3. The summed E-state index contributed by atoms with van der Waals surface area (Å²) in [6.07, 6.45) is 0. The molecule has 0 unspecified atom stereocenters. The van der Waals surface area contributed by atoms with Gasteiger partial charge in [0, 0.05) is 11.7 Å². The zero-order chi connectivity index (χ0) is 10.6. The van der Waals surface area contributed by atoms with Crippen molar-refractivity contribution >= 4 is 5.95 Å². The lowest BCUT2D eigenvalue weighted by Gasteiger charge is -2.10. The molecule has 5 heteroatoms. The number of hydrogen-bond acceptors (Lipinski definition) is 5. The molecule has 74 valence electrons. The second-order valence-corrected chi connectivity index (χ2v) is 3.06. The largest absolute Gasteiger partial charge is 0.394 e. The van der Waals surface area contributed by atoms with E-state index in [4.69, 9.17) is 10.4 Å². The van der Waals surface area contributed by atoms with Crippen molar-refractivity contribution in [1.29, 1.82) is 5.26 Å². The normalized spacial score (nSPS) is 11.9. The maximum Gasteiger partial charge on any atom is 0.224 e. The van der Waals surface area contributed by atoms with Gasteiger partial charge in [-0.2, -0.15) is 5.26 Å². The summed E-state index contributed by atoms with van der Waals surface area (Å²) in [5.74, 6) is 0.378. The first-order chi connectivity index (χ1) is 6.65. The molecule has 0 aromatic carbocycles. The molecular weight excluding hydrogens is 180 g/mol. The third-order valence-electron chi connectivity index (χ3n) is 1.62. The van der Waals surface area contributed by atoms with E-state index in [9.17, 15) is 0 Å². The Morgan fingerprint density at radius 3 is 2.93 bits per heavy atom. The molecule has 0 amide bonds. The zero-order valence-corrected chi connectivity index (χ0v) is 8.15. The van der Waals surface area contributed by atoms with Crippen LogP contribution in [0.2, 0.25) is 0 Å². The van der Waals surface area contributed by atoms with Crippen LogP contribution in [0.25, 0.3) is 0 Å². The number of hydrogen-bond donors (Lipinski definition) is 2. The van der Waals surface area contributed by atoms with Crippen molar-refractivity contribution in [2.45, 2.75) is 19.9 Å². The van der Waals surface area contributed by atoms with Gasteiger partial charge in [-0.25, -0.2) is 9.97 Å². The molecule has 1 aromatic heterocycles. The average Bonchev–Trinajstić information content (AvgIpc) is 2.16. The van der Waals surface area contributed by atoms with Gasteiger partial charge in [-0.1, -0.05) is 0 Å². The molecule has 0 bridgehead atoms. The number of nitriles is 1. The minimum atomic E-state index is -0.122. The topological polar surface area (TPSA) is 81.8 Å². The molecule has 0 spiro atoms. The standard InChI is InChI=1S/C9H12N4O/c1-6-3-8(4-10)13-9(11-6)12-7(2)5-14/h3,7,14H,5H2,1-2H3,(H,11,12,13)/t7-/m0/s1. The number of anilines is 1. The average molecular weight is 192 g/mol. The second-order valence-electron chi connectivity index (χ2n) is 3.06. The Labute approximate surface area is 82.4 Å². The summed E-state index contributed by atoms with van der Waals surface area (Å²) < 4.78 is 0. The quantitative estimate of drug-likeness (QED) is 0.726. The van der Waals surface area contributed by atoms with Crippen LogP contribution < -0.4 is 5.32 Å². The molecule has 1 rings (SSSR count). The van der Waals surface area contributed by atoms with Gasteiger partial charge in [0.25, 0.3) is 0 Å². The first kappa shape index (κ1) is 10.4. The van der Waals surface area contributed by atoms with Crippen molar-refractivity contribution in [3.8, 4) is 6.07 Å². The first-order valence-electron chi connectivity index (χ1n) is 4.29. The summed E-state index contributed by atoms with van der Waals surface area (Å²) >= 11 is 0. The Bertz CT molecular complexity index is 358. The van der Waals surface area contributed by atoms with Crippen LogP contribution in [0.5, 0.6) is 0 Å². The zero-order valence-electron chi connectivity index (χ0n) is 8.15. The predicted molar refractivity (Wildman–Crippen MR) is 51.7 cm³/mol. The van der Waals surface area contributed by atoms with E-state index in [-0.39, 0.29) is 12.6 Å². The van der Waals surface area contributed by atoms with Crippen LogP contribution in [0.15, 0.2) is 6.07 Å². The molecule has 0 aliphatic carbocycles. The number of aliphatic hydroxyl groups is 1. The summed E-state index contributed by atoms with van der Waals surface area (Å²) in [5, 5.41) is 20.4. The SMILES string of the molecule is Cc1cc(C#N)nc(N[C@@H](C)CO)n1. The van der Waals surface area contributed by atoms with Gasteiger partial charge >= 0.3 is 0 Å². The highest BCUT2D eigenvalue weighted by atomic mass is 16.3. The van der Waals surface area contributed by atoms with Crippen LogP contribution in [0.3, 0.4) is 0 Å². The van der Waals surface area contributed by atoms with E-state index in [1.165, 1.54) is 0 Å². The Morgan fingerprint density at radius 1 is 1.64 bits per heavy atom. The highest BCUT2D eigenvalue weighted by Gasteiger charge is 2.04. The number of aromatic nitrogens is 2. The fourth-order valence-corrected chi connectivity index (χ4v) is 0.956. The van der Waals surface area contributed by atoms with Gasteiger partial charge in [0.2, 0.25) is 5.95 Å². The monoisotopic (exact) mass is 192 g/mol.